The van der Waals surface area contributed by atoms with Gasteiger partial charge in [0.15, 0.2) is 12.4 Å². The summed E-state index contributed by atoms with van der Waals surface area (Å²) in [5.74, 6) is 0. The fourth-order valence-electron chi connectivity index (χ4n) is 1.84. The van der Waals surface area contributed by atoms with E-state index in [1.54, 1.807) is 0 Å². The molecule has 2 nitrogen and oxygen atoms in total. The molecule has 0 radical (unpaired) electrons. The number of aryl methyl sites for hydroxylation is 2. The van der Waals surface area contributed by atoms with Crippen molar-refractivity contribution in [3.63, 3.8) is 0 Å². The molecule has 0 saturated carbocycles. The molecule has 2 rings (SSSR count). The molecule has 0 bridgehead atoms. The van der Waals surface area contributed by atoms with Crippen LogP contribution in [-0.4, -0.2) is 0 Å². The summed E-state index contributed by atoms with van der Waals surface area (Å²) in [7, 11) is 0. The third-order valence-electron chi connectivity index (χ3n) is 2.71. The Kier molecular flexibility index (Phi) is 3.88. The molecular weight excluding hydrogens is 208 g/mol. The molecule has 0 saturated heterocycles. The van der Waals surface area contributed by atoms with Crippen molar-refractivity contribution in [3.05, 3.63) is 66.0 Å². The van der Waals surface area contributed by atoms with Gasteiger partial charge in [-0.15, -0.1) is 0 Å². The zero-order chi connectivity index (χ0) is 11.9. The van der Waals surface area contributed by atoms with E-state index in [9.17, 15) is 0 Å². The number of rotatable bonds is 4. The summed E-state index contributed by atoms with van der Waals surface area (Å²) in [4.78, 5) is 0. The highest BCUT2D eigenvalue weighted by Gasteiger charge is 2.02. The summed E-state index contributed by atoms with van der Waals surface area (Å²) in [6.45, 7) is 0.949. The van der Waals surface area contributed by atoms with Crippen LogP contribution in [0.4, 0.5) is 0 Å². The van der Waals surface area contributed by atoms with Gasteiger partial charge >= 0.3 is 0 Å². The van der Waals surface area contributed by atoms with E-state index in [1.165, 1.54) is 5.56 Å². The topological polar surface area (TPSA) is 27.7 Å². The van der Waals surface area contributed by atoms with Crippen LogP contribution in [0.3, 0.4) is 0 Å². The van der Waals surface area contributed by atoms with Gasteiger partial charge in [-0.2, -0.15) is 5.26 Å². The molecule has 2 heteroatoms. The van der Waals surface area contributed by atoms with Gasteiger partial charge in [-0.3, -0.25) is 0 Å². The standard InChI is InChI=1S/C15H15N2/c16-12-15-9-5-11-17(13-15)10-4-8-14-6-2-1-3-7-14/h1-3,5-7,9,11,13H,4,8,10H2/q+1. The highest BCUT2D eigenvalue weighted by Crippen LogP contribution is 2.02. The van der Waals surface area contributed by atoms with Gasteiger partial charge in [0.25, 0.3) is 0 Å². The molecule has 0 unspecified atom stereocenters. The molecule has 1 heterocycles. The van der Waals surface area contributed by atoms with E-state index in [4.69, 9.17) is 5.26 Å². The van der Waals surface area contributed by atoms with Crippen molar-refractivity contribution < 1.29 is 4.57 Å². The number of nitriles is 1. The van der Waals surface area contributed by atoms with Crippen molar-refractivity contribution in [2.75, 3.05) is 0 Å². The molecule has 0 aliphatic heterocycles. The maximum absolute atomic E-state index is 8.80. The first-order chi connectivity index (χ1) is 8.38. The molecule has 0 amide bonds. The van der Waals surface area contributed by atoms with Gasteiger partial charge in [-0.05, 0) is 18.1 Å². The van der Waals surface area contributed by atoms with Crippen molar-refractivity contribution in [1.29, 1.82) is 5.26 Å². The average Bonchev–Trinajstić information content (AvgIpc) is 2.40. The first-order valence-electron chi connectivity index (χ1n) is 5.81. The first-order valence-corrected chi connectivity index (χ1v) is 5.81. The van der Waals surface area contributed by atoms with Gasteiger partial charge in [0.05, 0.1) is 0 Å². The maximum atomic E-state index is 8.80. The average molecular weight is 223 g/mol. The molecular formula is C15H15N2+. The fraction of sp³-hybridized carbons (Fsp3) is 0.200. The van der Waals surface area contributed by atoms with E-state index >= 15 is 0 Å². The van der Waals surface area contributed by atoms with E-state index in [0.717, 1.165) is 19.4 Å². The van der Waals surface area contributed by atoms with E-state index in [2.05, 4.69) is 34.9 Å². The Morgan fingerprint density at radius 3 is 2.65 bits per heavy atom. The largest absolute Gasteiger partial charge is 0.204 e. The smallest absolute Gasteiger partial charge is 0.186 e. The van der Waals surface area contributed by atoms with Crippen LogP contribution in [0.1, 0.15) is 17.5 Å². The van der Waals surface area contributed by atoms with Crippen LogP contribution in [0, 0.1) is 11.3 Å². The molecule has 0 fully saturated rings. The second kappa shape index (κ2) is 5.81. The second-order valence-electron chi connectivity index (χ2n) is 4.03. The highest BCUT2D eigenvalue weighted by molar-refractivity contribution is 5.21. The van der Waals surface area contributed by atoms with Gasteiger partial charge in [0.1, 0.15) is 18.2 Å². The molecule has 0 spiro atoms. The van der Waals surface area contributed by atoms with Crippen LogP contribution < -0.4 is 4.57 Å². The first kappa shape index (κ1) is 11.3. The highest BCUT2D eigenvalue weighted by atomic mass is 14.9. The third-order valence-corrected chi connectivity index (χ3v) is 2.71. The van der Waals surface area contributed by atoms with Crippen LogP contribution in [0.5, 0.6) is 0 Å². The lowest BCUT2D eigenvalue weighted by molar-refractivity contribution is -0.697. The van der Waals surface area contributed by atoms with Crippen molar-refractivity contribution in [1.82, 2.24) is 0 Å². The van der Waals surface area contributed by atoms with Crippen molar-refractivity contribution >= 4 is 0 Å². The Balaban J connectivity index is 1.88. The van der Waals surface area contributed by atoms with Crippen LogP contribution in [0.25, 0.3) is 0 Å². The second-order valence-corrected chi connectivity index (χ2v) is 4.03. The lowest BCUT2D eigenvalue weighted by Crippen LogP contribution is -2.33. The summed E-state index contributed by atoms with van der Waals surface area (Å²) in [5.41, 5.74) is 2.08. The summed E-state index contributed by atoms with van der Waals surface area (Å²) < 4.78 is 2.07. The lowest BCUT2D eigenvalue weighted by atomic mass is 10.1. The molecule has 2 aromatic rings. The SMILES string of the molecule is N#Cc1ccc[n+](CCCc2ccccc2)c1. The summed E-state index contributed by atoms with van der Waals surface area (Å²) in [6, 6.07) is 16.4. The molecule has 0 aliphatic rings. The van der Waals surface area contributed by atoms with E-state index < -0.39 is 0 Å². The third kappa shape index (κ3) is 3.42. The van der Waals surface area contributed by atoms with E-state index in [-0.39, 0.29) is 0 Å². The minimum atomic E-state index is 0.715. The summed E-state index contributed by atoms with van der Waals surface area (Å²) >= 11 is 0. The number of benzene rings is 1. The van der Waals surface area contributed by atoms with Crippen LogP contribution in [0.2, 0.25) is 0 Å². The van der Waals surface area contributed by atoms with Crippen molar-refractivity contribution in [2.24, 2.45) is 0 Å². The number of aromatic nitrogens is 1. The molecule has 84 valence electrons. The Bertz CT molecular complexity index is 512. The minimum absolute atomic E-state index is 0.715. The normalized spacial score (nSPS) is 9.82. The molecule has 1 aromatic carbocycles. The Morgan fingerprint density at radius 2 is 1.88 bits per heavy atom. The van der Waals surface area contributed by atoms with Gasteiger partial charge in [-0.1, -0.05) is 30.3 Å². The van der Waals surface area contributed by atoms with Crippen molar-refractivity contribution in [2.45, 2.75) is 19.4 Å². The lowest BCUT2D eigenvalue weighted by Gasteiger charge is -1.99. The minimum Gasteiger partial charge on any atom is -0.204 e. The number of hydrogen-bond donors (Lipinski definition) is 0. The predicted molar refractivity (Wildman–Crippen MR) is 66.1 cm³/mol. The van der Waals surface area contributed by atoms with E-state index in [1.807, 2.05) is 30.6 Å². The number of hydrogen-bond acceptors (Lipinski definition) is 1. The van der Waals surface area contributed by atoms with Gasteiger partial charge in [0, 0.05) is 12.5 Å². The van der Waals surface area contributed by atoms with Gasteiger partial charge < -0.3 is 0 Å². The Morgan fingerprint density at radius 1 is 1.06 bits per heavy atom. The zero-order valence-electron chi connectivity index (χ0n) is 9.71. The van der Waals surface area contributed by atoms with Gasteiger partial charge in [0.2, 0.25) is 0 Å². The van der Waals surface area contributed by atoms with Crippen LogP contribution in [-0.2, 0) is 13.0 Å². The van der Waals surface area contributed by atoms with Crippen LogP contribution >= 0.6 is 0 Å². The van der Waals surface area contributed by atoms with Crippen LogP contribution in [0.15, 0.2) is 54.9 Å². The summed E-state index contributed by atoms with van der Waals surface area (Å²) in [5, 5.41) is 8.80. The van der Waals surface area contributed by atoms with E-state index in [0.29, 0.717) is 5.56 Å². The molecule has 0 atom stereocenters. The quantitative estimate of drug-likeness (QED) is 0.732. The molecule has 1 aromatic heterocycles. The Hall–Kier alpha value is -2.14. The fourth-order valence-corrected chi connectivity index (χ4v) is 1.84. The zero-order valence-corrected chi connectivity index (χ0v) is 9.71. The predicted octanol–water partition coefficient (Wildman–Crippen LogP) is 2.48. The van der Waals surface area contributed by atoms with Crippen molar-refractivity contribution in [3.8, 4) is 6.07 Å². The molecule has 17 heavy (non-hydrogen) atoms. The Labute approximate surface area is 102 Å². The monoisotopic (exact) mass is 223 g/mol. The number of pyridine rings is 1. The van der Waals surface area contributed by atoms with Gasteiger partial charge in [-0.25, -0.2) is 4.57 Å². The maximum Gasteiger partial charge on any atom is 0.186 e. The summed E-state index contributed by atoms with van der Waals surface area (Å²) in [6.07, 6.45) is 6.06. The molecule has 0 N–H and O–H groups in total. The molecule has 0 aliphatic carbocycles. The number of nitrogens with zero attached hydrogens (tertiary/aromatic N) is 2.